The standard InChI is InChI=1S/C20H23N3O4S/c1-27-20(26)16-6-4-15(5-7-16)18(24)21-8-9-22-10-12-23(13-11-22)19(25)17-3-2-14-28-17/h2-7,14H,8-13H2,1H3,(H,21,24). The van der Waals surface area contributed by atoms with Gasteiger partial charge >= 0.3 is 5.97 Å². The number of carbonyl (C=O) groups is 3. The van der Waals surface area contributed by atoms with Crippen LogP contribution in [0.15, 0.2) is 41.8 Å². The highest BCUT2D eigenvalue weighted by atomic mass is 32.1. The average molecular weight is 401 g/mol. The van der Waals surface area contributed by atoms with Crippen molar-refractivity contribution in [2.75, 3.05) is 46.4 Å². The molecule has 3 rings (SSSR count). The van der Waals surface area contributed by atoms with Crippen molar-refractivity contribution in [3.05, 3.63) is 57.8 Å². The van der Waals surface area contributed by atoms with Crippen LogP contribution in [-0.2, 0) is 4.74 Å². The number of benzene rings is 1. The maximum Gasteiger partial charge on any atom is 0.337 e. The number of rotatable bonds is 6. The van der Waals surface area contributed by atoms with Gasteiger partial charge in [-0.05, 0) is 35.7 Å². The number of hydrogen-bond acceptors (Lipinski definition) is 6. The monoisotopic (exact) mass is 401 g/mol. The molecule has 0 radical (unpaired) electrons. The smallest absolute Gasteiger partial charge is 0.337 e. The molecule has 1 aromatic carbocycles. The molecule has 2 aromatic rings. The lowest BCUT2D eigenvalue weighted by molar-refractivity contribution is 0.0598. The predicted molar refractivity (Wildman–Crippen MR) is 107 cm³/mol. The van der Waals surface area contributed by atoms with Crippen LogP contribution in [-0.4, -0.2) is 74.0 Å². The molecule has 0 atom stereocenters. The van der Waals surface area contributed by atoms with Gasteiger partial charge in [-0.3, -0.25) is 14.5 Å². The molecular formula is C20H23N3O4S. The third kappa shape index (κ3) is 4.96. The van der Waals surface area contributed by atoms with Crippen LogP contribution in [0.2, 0.25) is 0 Å². The number of nitrogens with zero attached hydrogens (tertiary/aromatic N) is 2. The molecule has 8 heteroatoms. The van der Waals surface area contributed by atoms with Gasteiger partial charge in [0.05, 0.1) is 17.6 Å². The minimum Gasteiger partial charge on any atom is -0.465 e. The van der Waals surface area contributed by atoms with E-state index in [1.165, 1.54) is 18.4 Å². The number of amides is 2. The summed E-state index contributed by atoms with van der Waals surface area (Å²) in [6, 6.07) is 10.1. The summed E-state index contributed by atoms with van der Waals surface area (Å²) in [5, 5.41) is 4.80. The number of carbonyl (C=O) groups excluding carboxylic acids is 3. The van der Waals surface area contributed by atoms with Gasteiger partial charge in [-0.2, -0.15) is 0 Å². The van der Waals surface area contributed by atoms with E-state index in [1.807, 2.05) is 22.4 Å². The Morgan fingerprint density at radius 1 is 1.04 bits per heavy atom. The number of hydrogen-bond donors (Lipinski definition) is 1. The number of esters is 1. The molecule has 1 aromatic heterocycles. The van der Waals surface area contributed by atoms with Crippen molar-refractivity contribution in [1.29, 1.82) is 0 Å². The van der Waals surface area contributed by atoms with Gasteiger partial charge in [-0.15, -0.1) is 11.3 Å². The molecule has 0 unspecified atom stereocenters. The van der Waals surface area contributed by atoms with Gasteiger partial charge in [0, 0.05) is 44.8 Å². The van der Waals surface area contributed by atoms with Crippen molar-refractivity contribution < 1.29 is 19.1 Å². The van der Waals surface area contributed by atoms with Crippen molar-refractivity contribution in [2.45, 2.75) is 0 Å². The Bertz CT molecular complexity index is 812. The highest BCUT2D eigenvalue weighted by Crippen LogP contribution is 2.13. The van der Waals surface area contributed by atoms with E-state index in [-0.39, 0.29) is 11.8 Å². The fourth-order valence-electron chi connectivity index (χ4n) is 3.04. The number of nitrogens with one attached hydrogen (secondary N) is 1. The summed E-state index contributed by atoms with van der Waals surface area (Å²) in [6.07, 6.45) is 0. The Labute approximate surface area is 167 Å². The normalized spacial score (nSPS) is 14.5. The molecule has 28 heavy (non-hydrogen) atoms. The van der Waals surface area contributed by atoms with Crippen molar-refractivity contribution in [3.8, 4) is 0 Å². The van der Waals surface area contributed by atoms with Crippen molar-refractivity contribution in [2.24, 2.45) is 0 Å². The summed E-state index contributed by atoms with van der Waals surface area (Å²) in [6.45, 7) is 4.23. The molecule has 0 aliphatic carbocycles. The summed E-state index contributed by atoms with van der Waals surface area (Å²) in [5.41, 5.74) is 0.910. The first-order chi connectivity index (χ1) is 13.6. The first-order valence-electron chi connectivity index (χ1n) is 9.10. The third-order valence-electron chi connectivity index (χ3n) is 4.67. The molecule has 148 valence electrons. The fraction of sp³-hybridized carbons (Fsp3) is 0.350. The molecular weight excluding hydrogens is 378 g/mol. The van der Waals surface area contributed by atoms with Gasteiger partial charge in [0.25, 0.3) is 11.8 Å². The maximum atomic E-state index is 12.3. The quantitative estimate of drug-likeness (QED) is 0.746. The van der Waals surface area contributed by atoms with Crippen LogP contribution in [0, 0.1) is 0 Å². The summed E-state index contributed by atoms with van der Waals surface area (Å²) < 4.78 is 4.64. The molecule has 0 saturated carbocycles. The zero-order valence-corrected chi connectivity index (χ0v) is 16.5. The first-order valence-corrected chi connectivity index (χ1v) is 9.98. The minimum absolute atomic E-state index is 0.0957. The van der Waals surface area contributed by atoms with Crippen LogP contribution in [0.3, 0.4) is 0 Å². The van der Waals surface area contributed by atoms with Gasteiger partial charge in [0.15, 0.2) is 0 Å². The van der Waals surface area contributed by atoms with Crippen LogP contribution in [0.5, 0.6) is 0 Å². The molecule has 7 nitrogen and oxygen atoms in total. The van der Waals surface area contributed by atoms with E-state index in [9.17, 15) is 14.4 Å². The SMILES string of the molecule is COC(=O)c1ccc(C(=O)NCCN2CCN(C(=O)c3cccs3)CC2)cc1. The molecule has 0 bridgehead atoms. The lowest BCUT2D eigenvalue weighted by atomic mass is 10.1. The van der Waals surface area contributed by atoms with Gasteiger partial charge in [0.2, 0.25) is 0 Å². The van der Waals surface area contributed by atoms with Crippen molar-refractivity contribution >= 4 is 29.1 Å². The number of methoxy groups -OCH3 is 1. The summed E-state index contributed by atoms with van der Waals surface area (Å²) in [7, 11) is 1.32. The van der Waals surface area contributed by atoms with Crippen molar-refractivity contribution in [1.82, 2.24) is 15.1 Å². The van der Waals surface area contributed by atoms with Crippen molar-refractivity contribution in [3.63, 3.8) is 0 Å². The Kier molecular flexibility index (Phi) is 6.78. The first kappa shape index (κ1) is 20.0. The van der Waals surface area contributed by atoms with Gasteiger partial charge < -0.3 is 15.0 Å². The highest BCUT2D eigenvalue weighted by molar-refractivity contribution is 7.12. The average Bonchev–Trinajstić information content (AvgIpc) is 3.28. The Hall–Kier alpha value is -2.71. The number of piperazine rings is 1. The van der Waals surface area contributed by atoms with E-state index < -0.39 is 5.97 Å². The van der Waals surface area contributed by atoms with Crippen LogP contribution in [0.1, 0.15) is 30.4 Å². The maximum absolute atomic E-state index is 12.3. The van der Waals surface area contributed by atoms with E-state index in [2.05, 4.69) is 15.0 Å². The Morgan fingerprint density at radius 2 is 1.71 bits per heavy atom. The molecule has 1 N–H and O–H groups in total. The van der Waals surface area contributed by atoms with Crippen LogP contribution in [0.4, 0.5) is 0 Å². The second-order valence-electron chi connectivity index (χ2n) is 6.44. The Morgan fingerprint density at radius 3 is 2.32 bits per heavy atom. The van der Waals surface area contributed by atoms with Crippen LogP contribution < -0.4 is 5.32 Å². The second kappa shape index (κ2) is 9.48. The van der Waals surface area contributed by atoms with Gasteiger partial charge in [0.1, 0.15) is 0 Å². The predicted octanol–water partition coefficient (Wildman–Crippen LogP) is 1.72. The highest BCUT2D eigenvalue weighted by Gasteiger charge is 2.22. The van der Waals surface area contributed by atoms with E-state index >= 15 is 0 Å². The summed E-state index contributed by atoms with van der Waals surface area (Å²) in [4.78, 5) is 40.9. The largest absolute Gasteiger partial charge is 0.465 e. The molecule has 2 heterocycles. The fourth-order valence-corrected chi connectivity index (χ4v) is 3.73. The molecule has 1 aliphatic heterocycles. The van der Waals surface area contributed by atoms with E-state index in [1.54, 1.807) is 24.3 Å². The lowest BCUT2D eigenvalue weighted by Crippen LogP contribution is -2.50. The van der Waals surface area contributed by atoms with Gasteiger partial charge in [-0.25, -0.2) is 4.79 Å². The topological polar surface area (TPSA) is 79.0 Å². The van der Waals surface area contributed by atoms with Crippen LogP contribution >= 0.6 is 11.3 Å². The third-order valence-corrected chi connectivity index (χ3v) is 5.53. The van der Waals surface area contributed by atoms with E-state index in [0.717, 1.165) is 24.5 Å². The summed E-state index contributed by atoms with van der Waals surface area (Å²) >= 11 is 1.47. The molecule has 2 amide bonds. The van der Waals surface area contributed by atoms with Crippen LogP contribution in [0.25, 0.3) is 0 Å². The lowest BCUT2D eigenvalue weighted by Gasteiger charge is -2.34. The van der Waals surface area contributed by atoms with E-state index in [4.69, 9.17) is 0 Å². The number of thiophene rings is 1. The zero-order valence-electron chi connectivity index (χ0n) is 15.7. The van der Waals surface area contributed by atoms with E-state index in [0.29, 0.717) is 30.8 Å². The Balaban J connectivity index is 1.39. The second-order valence-corrected chi connectivity index (χ2v) is 7.38. The molecule has 0 spiro atoms. The summed E-state index contributed by atoms with van der Waals surface area (Å²) in [5.74, 6) is -0.509. The van der Waals surface area contributed by atoms with Gasteiger partial charge in [-0.1, -0.05) is 6.07 Å². The zero-order chi connectivity index (χ0) is 19.9. The number of ether oxygens (including phenoxy) is 1. The molecule has 1 fully saturated rings. The minimum atomic E-state index is -0.427. The molecule has 1 saturated heterocycles. The molecule has 1 aliphatic rings.